The summed E-state index contributed by atoms with van der Waals surface area (Å²) < 4.78 is 20.0. The molecule has 2 rings (SSSR count). The molecule has 0 N–H and O–H groups in total. The van der Waals surface area contributed by atoms with Crippen molar-refractivity contribution in [2.45, 2.75) is 77.9 Å². The maximum atomic E-state index is 6.09. The zero-order chi connectivity index (χ0) is 16.8. The molecule has 0 bridgehead atoms. The monoisotopic (exact) mass is 324 g/mol. The van der Waals surface area contributed by atoms with E-state index in [1.165, 1.54) is 0 Å². The SMILES string of the molecule is CC(OCn1nccc1B1OC(C)(C)C(C)(C)O1)[Si](C)(C)C. The summed E-state index contributed by atoms with van der Waals surface area (Å²) in [5.41, 5.74) is 0.475. The summed E-state index contributed by atoms with van der Waals surface area (Å²) in [5, 5.41) is 4.36. The van der Waals surface area contributed by atoms with Crippen molar-refractivity contribution in [3.63, 3.8) is 0 Å². The fourth-order valence-corrected chi connectivity index (χ4v) is 2.62. The van der Waals surface area contributed by atoms with Gasteiger partial charge in [0.1, 0.15) is 6.73 Å². The zero-order valence-electron chi connectivity index (χ0n) is 15.1. The standard InChI is InChI=1S/C15H29BN2O3Si/c1-12(22(6,7)8)19-11-18-13(9-10-17-18)16-20-14(2,3)15(4,5)21-16/h9-10,12H,11H2,1-8H3. The molecule has 1 saturated heterocycles. The average Bonchev–Trinajstić information content (AvgIpc) is 2.88. The zero-order valence-corrected chi connectivity index (χ0v) is 16.1. The van der Waals surface area contributed by atoms with Crippen molar-refractivity contribution in [2.75, 3.05) is 0 Å². The van der Waals surface area contributed by atoms with Gasteiger partial charge in [0, 0.05) is 11.9 Å². The van der Waals surface area contributed by atoms with Crippen LogP contribution in [0.4, 0.5) is 0 Å². The van der Waals surface area contributed by atoms with Gasteiger partial charge in [-0.3, -0.25) is 0 Å². The predicted octanol–water partition coefficient (Wildman–Crippen LogP) is 2.42. The van der Waals surface area contributed by atoms with E-state index in [0.29, 0.717) is 6.73 Å². The second-order valence-electron chi connectivity index (χ2n) is 8.15. The van der Waals surface area contributed by atoms with Crippen molar-refractivity contribution in [3.05, 3.63) is 12.3 Å². The highest BCUT2D eigenvalue weighted by Gasteiger charge is 2.52. The summed E-state index contributed by atoms with van der Waals surface area (Å²) in [5.74, 6) is 0. The smallest absolute Gasteiger partial charge is 0.398 e. The van der Waals surface area contributed by atoms with Crippen molar-refractivity contribution in [1.82, 2.24) is 9.78 Å². The quantitative estimate of drug-likeness (QED) is 0.781. The molecule has 1 aliphatic rings. The van der Waals surface area contributed by atoms with Gasteiger partial charge >= 0.3 is 7.12 Å². The molecule has 5 nitrogen and oxygen atoms in total. The van der Waals surface area contributed by atoms with Gasteiger partial charge in [0.15, 0.2) is 0 Å². The molecule has 1 aliphatic heterocycles. The number of hydrogen-bond donors (Lipinski definition) is 0. The summed E-state index contributed by atoms with van der Waals surface area (Å²) >= 11 is 0. The van der Waals surface area contributed by atoms with Gasteiger partial charge in [-0.1, -0.05) is 19.6 Å². The molecular formula is C15H29BN2O3Si. The summed E-state index contributed by atoms with van der Waals surface area (Å²) in [7, 11) is -1.72. The van der Waals surface area contributed by atoms with Crippen molar-refractivity contribution in [3.8, 4) is 0 Å². The molecule has 22 heavy (non-hydrogen) atoms. The number of nitrogens with zero attached hydrogens (tertiary/aromatic N) is 2. The summed E-state index contributed by atoms with van der Waals surface area (Å²) in [6.45, 7) is 17.7. The van der Waals surface area contributed by atoms with Crippen LogP contribution in [0, 0.1) is 0 Å². The Morgan fingerprint density at radius 2 is 1.77 bits per heavy atom. The van der Waals surface area contributed by atoms with Crippen molar-refractivity contribution in [2.24, 2.45) is 0 Å². The molecule has 1 fully saturated rings. The van der Waals surface area contributed by atoms with Crippen LogP contribution in [0.1, 0.15) is 34.6 Å². The van der Waals surface area contributed by atoms with Crippen LogP contribution in [-0.4, -0.2) is 41.9 Å². The third-order valence-electron chi connectivity index (χ3n) is 4.91. The average molecular weight is 324 g/mol. The molecule has 7 heteroatoms. The maximum absolute atomic E-state index is 6.09. The lowest BCUT2D eigenvalue weighted by molar-refractivity contribution is 0.00578. The largest absolute Gasteiger partial charge is 0.514 e. The van der Waals surface area contributed by atoms with E-state index in [2.05, 4.69) is 59.4 Å². The van der Waals surface area contributed by atoms with Gasteiger partial charge in [-0.2, -0.15) is 5.10 Å². The highest BCUT2D eigenvalue weighted by molar-refractivity contribution is 6.77. The number of rotatable bonds is 5. The lowest BCUT2D eigenvalue weighted by Gasteiger charge is -2.32. The van der Waals surface area contributed by atoms with E-state index in [4.69, 9.17) is 14.0 Å². The third-order valence-corrected chi connectivity index (χ3v) is 7.52. The molecule has 1 aromatic rings. The van der Waals surface area contributed by atoms with Gasteiger partial charge in [0.05, 0.1) is 24.9 Å². The first-order chi connectivity index (χ1) is 9.94. The van der Waals surface area contributed by atoms with E-state index < -0.39 is 15.2 Å². The minimum Gasteiger partial charge on any atom is -0.398 e. The van der Waals surface area contributed by atoms with Gasteiger partial charge in [0.2, 0.25) is 0 Å². The van der Waals surface area contributed by atoms with E-state index in [1.54, 1.807) is 6.20 Å². The van der Waals surface area contributed by atoms with Crippen molar-refractivity contribution >= 4 is 20.8 Å². The van der Waals surface area contributed by atoms with E-state index in [-0.39, 0.29) is 16.9 Å². The lowest BCUT2D eigenvalue weighted by Crippen LogP contribution is -2.42. The van der Waals surface area contributed by atoms with Crippen LogP contribution in [0.2, 0.25) is 19.6 Å². The van der Waals surface area contributed by atoms with Gasteiger partial charge < -0.3 is 14.0 Å². The van der Waals surface area contributed by atoms with Crippen LogP contribution in [0.3, 0.4) is 0 Å². The second-order valence-corrected chi connectivity index (χ2v) is 13.7. The van der Waals surface area contributed by atoms with Crippen LogP contribution in [0.5, 0.6) is 0 Å². The fraction of sp³-hybridized carbons (Fsp3) is 0.800. The highest BCUT2D eigenvalue weighted by atomic mass is 28.3. The van der Waals surface area contributed by atoms with Gasteiger partial charge in [-0.25, -0.2) is 4.68 Å². The number of aromatic nitrogens is 2. The molecule has 0 aromatic carbocycles. The normalized spacial score (nSPS) is 22.1. The van der Waals surface area contributed by atoms with Crippen LogP contribution >= 0.6 is 0 Å². The van der Waals surface area contributed by atoms with E-state index in [0.717, 1.165) is 5.59 Å². The minimum atomic E-state index is -1.31. The number of hydrogen-bond acceptors (Lipinski definition) is 4. The predicted molar refractivity (Wildman–Crippen MR) is 91.8 cm³/mol. The van der Waals surface area contributed by atoms with Crippen molar-refractivity contribution in [1.29, 1.82) is 0 Å². The Kier molecular flexibility index (Phi) is 4.65. The molecule has 1 aromatic heterocycles. The summed E-state index contributed by atoms with van der Waals surface area (Å²) in [4.78, 5) is 0. The second kappa shape index (κ2) is 5.78. The molecule has 0 saturated carbocycles. The van der Waals surface area contributed by atoms with Gasteiger partial charge in [-0.15, -0.1) is 0 Å². The molecule has 0 spiro atoms. The third kappa shape index (κ3) is 3.48. The first-order valence-electron chi connectivity index (χ1n) is 7.93. The molecule has 124 valence electrons. The molecule has 1 atom stereocenters. The molecule has 2 heterocycles. The first kappa shape index (κ1) is 17.7. The lowest BCUT2D eigenvalue weighted by atomic mass is 9.85. The Balaban J connectivity index is 2.08. The van der Waals surface area contributed by atoms with Crippen LogP contribution in [0.25, 0.3) is 0 Å². The Morgan fingerprint density at radius 1 is 1.23 bits per heavy atom. The summed E-state index contributed by atoms with van der Waals surface area (Å²) in [6.07, 6.45) is 1.77. The van der Waals surface area contributed by atoms with Crippen LogP contribution in [-0.2, 0) is 20.8 Å². The van der Waals surface area contributed by atoms with Crippen LogP contribution in [0.15, 0.2) is 12.3 Å². The topological polar surface area (TPSA) is 45.5 Å². The van der Waals surface area contributed by atoms with Gasteiger partial charge in [-0.05, 0) is 40.7 Å². The fourth-order valence-electron chi connectivity index (χ4n) is 2.05. The highest BCUT2D eigenvalue weighted by Crippen LogP contribution is 2.36. The molecule has 0 radical (unpaired) electrons. The Bertz CT molecular complexity index is 509. The number of ether oxygens (including phenoxy) is 1. The van der Waals surface area contributed by atoms with Gasteiger partial charge in [0.25, 0.3) is 0 Å². The summed E-state index contributed by atoms with van der Waals surface area (Å²) in [6, 6.07) is 1.94. The minimum absolute atomic E-state index is 0.267. The Hall–Kier alpha value is -0.628. The van der Waals surface area contributed by atoms with Crippen molar-refractivity contribution < 1.29 is 14.0 Å². The Morgan fingerprint density at radius 3 is 2.27 bits per heavy atom. The molecule has 0 aliphatic carbocycles. The molecular weight excluding hydrogens is 295 g/mol. The maximum Gasteiger partial charge on any atom is 0.514 e. The molecule has 0 amide bonds. The van der Waals surface area contributed by atoms with E-state index >= 15 is 0 Å². The van der Waals surface area contributed by atoms with Crippen LogP contribution < -0.4 is 5.59 Å². The van der Waals surface area contributed by atoms with E-state index in [9.17, 15) is 0 Å². The van der Waals surface area contributed by atoms with E-state index in [1.807, 2.05) is 10.7 Å². The Labute approximate surface area is 135 Å². The first-order valence-corrected chi connectivity index (χ1v) is 11.5. The molecule has 1 unspecified atom stereocenters.